The number of hydrogen-bond acceptors (Lipinski definition) is 4. The first kappa shape index (κ1) is 12.6. The number of methoxy groups -OCH3 is 1. The molecule has 0 bridgehead atoms. The quantitative estimate of drug-likeness (QED) is 0.924. The number of benzene rings is 1. The molecule has 0 aliphatic carbocycles. The number of carbonyl (C=O) groups is 1. The standard InChI is InChI=1S/C13H13NO3S/c1-7-8(2)11(17-3)5-4-9(7)12-14-10(6-18-12)13(15)16/h4-6H,1-3H3,(H,15,16). The number of rotatable bonds is 3. The fourth-order valence-electron chi connectivity index (χ4n) is 1.74. The van der Waals surface area contributed by atoms with E-state index in [9.17, 15) is 4.79 Å². The van der Waals surface area contributed by atoms with Gasteiger partial charge >= 0.3 is 5.97 Å². The van der Waals surface area contributed by atoms with Gasteiger partial charge in [0.25, 0.3) is 0 Å². The summed E-state index contributed by atoms with van der Waals surface area (Å²) >= 11 is 1.33. The van der Waals surface area contributed by atoms with E-state index in [1.807, 2.05) is 26.0 Å². The Kier molecular flexibility index (Phi) is 3.34. The van der Waals surface area contributed by atoms with Crippen LogP contribution in [-0.4, -0.2) is 23.2 Å². The van der Waals surface area contributed by atoms with Crippen molar-refractivity contribution in [3.63, 3.8) is 0 Å². The molecule has 1 aromatic heterocycles. The molecule has 0 radical (unpaired) electrons. The van der Waals surface area contributed by atoms with Gasteiger partial charge in [-0.25, -0.2) is 9.78 Å². The maximum Gasteiger partial charge on any atom is 0.355 e. The fourth-order valence-corrected chi connectivity index (χ4v) is 2.62. The van der Waals surface area contributed by atoms with Gasteiger partial charge in [-0.3, -0.25) is 0 Å². The first-order valence-corrected chi connectivity index (χ1v) is 6.26. The van der Waals surface area contributed by atoms with Gasteiger partial charge in [-0.2, -0.15) is 0 Å². The molecule has 0 spiro atoms. The Morgan fingerprint density at radius 2 is 2.06 bits per heavy atom. The lowest BCUT2D eigenvalue weighted by molar-refractivity contribution is 0.0691. The average molecular weight is 263 g/mol. The largest absolute Gasteiger partial charge is 0.496 e. The van der Waals surface area contributed by atoms with Gasteiger partial charge in [-0.1, -0.05) is 0 Å². The van der Waals surface area contributed by atoms with E-state index in [0.717, 1.165) is 27.4 Å². The van der Waals surface area contributed by atoms with E-state index in [-0.39, 0.29) is 5.69 Å². The van der Waals surface area contributed by atoms with Gasteiger partial charge in [-0.05, 0) is 37.1 Å². The average Bonchev–Trinajstić information content (AvgIpc) is 2.82. The molecule has 1 N–H and O–H groups in total. The highest BCUT2D eigenvalue weighted by Crippen LogP contribution is 2.32. The van der Waals surface area contributed by atoms with Crippen LogP contribution in [0, 0.1) is 13.8 Å². The summed E-state index contributed by atoms with van der Waals surface area (Å²) in [5.41, 5.74) is 3.14. The monoisotopic (exact) mass is 263 g/mol. The summed E-state index contributed by atoms with van der Waals surface area (Å²) < 4.78 is 5.25. The summed E-state index contributed by atoms with van der Waals surface area (Å²) in [5, 5.41) is 11.1. The lowest BCUT2D eigenvalue weighted by Crippen LogP contribution is -1.96. The Morgan fingerprint density at radius 3 is 2.61 bits per heavy atom. The van der Waals surface area contributed by atoms with Crippen LogP contribution in [0.1, 0.15) is 21.6 Å². The van der Waals surface area contributed by atoms with E-state index in [1.165, 1.54) is 11.3 Å². The van der Waals surface area contributed by atoms with Crippen molar-refractivity contribution in [3.05, 3.63) is 34.3 Å². The van der Waals surface area contributed by atoms with Crippen molar-refractivity contribution in [2.75, 3.05) is 7.11 Å². The van der Waals surface area contributed by atoms with Gasteiger partial charge in [0.15, 0.2) is 5.69 Å². The van der Waals surface area contributed by atoms with Gasteiger partial charge in [0.1, 0.15) is 10.8 Å². The first-order valence-electron chi connectivity index (χ1n) is 5.38. The van der Waals surface area contributed by atoms with E-state index >= 15 is 0 Å². The fraction of sp³-hybridized carbons (Fsp3) is 0.231. The van der Waals surface area contributed by atoms with Crippen molar-refractivity contribution >= 4 is 17.3 Å². The van der Waals surface area contributed by atoms with E-state index in [0.29, 0.717) is 0 Å². The number of aromatic carboxylic acids is 1. The van der Waals surface area contributed by atoms with Crippen molar-refractivity contribution in [1.82, 2.24) is 4.98 Å². The van der Waals surface area contributed by atoms with E-state index in [2.05, 4.69) is 4.98 Å². The molecular formula is C13H13NO3S. The van der Waals surface area contributed by atoms with Crippen LogP contribution in [-0.2, 0) is 0 Å². The second-order valence-corrected chi connectivity index (χ2v) is 4.77. The van der Waals surface area contributed by atoms with Gasteiger partial charge in [0.05, 0.1) is 7.11 Å². The van der Waals surface area contributed by atoms with Crippen LogP contribution >= 0.6 is 11.3 Å². The summed E-state index contributed by atoms with van der Waals surface area (Å²) in [6.45, 7) is 3.96. The molecule has 0 unspecified atom stereocenters. The third-order valence-corrected chi connectivity index (χ3v) is 3.79. The molecule has 2 aromatic rings. The molecule has 18 heavy (non-hydrogen) atoms. The smallest absolute Gasteiger partial charge is 0.355 e. The predicted molar refractivity (Wildman–Crippen MR) is 70.5 cm³/mol. The number of nitrogens with zero attached hydrogens (tertiary/aromatic N) is 1. The minimum atomic E-state index is -1.000. The number of hydrogen-bond donors (Lipinski definition) is 1. The van der Waals surface area contributed by atoms with Gasteiger partial charge in [0, 0.05) is 10.9 Å². The highest BCUT2D eigenvalue weighted by Gasteiger charge is 2.14. The highest BCUT2D eigenvalue weighted by molar-refractivity contribution is 7.13. The molecule has 0 aliphatic rings. The van der Waals surface area contributed by atoms with Crippen molar-refractivity contribution in [2.45, 2.75) is 13.8 Å². The molecule has 0 aliphatic heterocycles. The van der Waals surface area contributed by atoms with Gasteiger partial charge in [-0.15, -0.1) is 11.3 Å². The summed E-state index contributed by atoms with van der Waals surface area (Å²) in [6.07, 6.45) is 0. The van der Waals surface area contributed by atoms with Crippen LogP contribution in [0.15, 0.2) is 17.5 Å². The van der Waals surface area contributed by atoms with Crippen molar-refractivity contribution in [2.24, 2.45) is 0 Å². The Balaban J connectivity index is 2.50. The van der Waals surface area contributed by atoms with E-state index < -0.39 is 5.97 Å². The number of carboxylic acids is 1. The van der Waals surface area contributed by atoms with E-state index in [4.69, 9.17) is 9.84 Å². The van der Waals surface area contributed by atoms with Crippen molar-refractivity contribution in [3.8, 4) is 16.3 Å². The van der Waals surface area contributed by atoms with Crippen LogP contribution in [0.4, 0.5) is 0 Å². The topological polar surface area (TPSA) is 59.4 Å². The number of aromatic nitrogens is 1. The molecule has 0 saturated carbocycles. The van der Waals surface area contributed by atoms with Gasteiger partial charge in [0.2, 0.25) is 0 Å². The summed E-state index contributed by atoms with van der Waals surface area (Å²) in [5.74, 6) is -0.174. The Hall–Kier alpha value is -1.88. The Bertz CT molecular complexity index is 604. The first-order chi connectivity index (χ1) is 8.54. The van der Waals surface area contributed by atoms with Crippen molar-refractivity contribution < 1.29 is 14.6 Å². The molecule has 0 atom stereocenters. The molecule has 5 heteroatoms. The normalized spacial score (nSPS) is 10.4. The highest BCUT2D eigenvalue weighted by atomic mass is 32.1. The maximum absolute atomic E-state index is 10.8. The molecule has 0 fully saturated rings. The number of thiazole rings is 1. The molecule has 1 aromatic carbocycles. The lowest BCUT2D eigenvalue weighted by atomic mass is 10.0. The number of ether oxygens (including phenoxy) is 1. The molecular weight excluding hydrogens is 250 g/mol. The Morgan fingerprint density at radius 1 is 1.33 bits per heavy atom. The predicted octanol–water partition coefficient (Wildman–Crippen LogP) is 3.13. The van der Waals surface area contributed by atoms with Crippen LogP contribution < -0.4 is 4.74 Å². The second-order valence-electron chi connectivity index (χ2n) is 3.91. The number of carboxylic acid groups (broad SMARTS) is 1. The maximum atomic E-state index is 10.8. The molecule has 4 nitrogen and oxygen atoms in total. The second kappa shape index (κ2) is 4.78. The summed E-state index contributed by atoms with van der Waals surface area (Å²) in [7, 11) is 1.63. The summed E-state index contributed by atoms with van der Waals surface area (Å²) in [4.78, 5) is 14.9. The molecule has 94 valence electrons. The van der Waals surface area contributed by atoms with Crippen LogP contribution in [0.3, 0.4) is 0 Å². The third-order valence-electron chi connectivity index (χ3n) is 2.91. The van der Waals surface area contributed by atoms with Crippen LogP contribution in [0.2, 0.25) is 0 Å². The zero-order valence-corrected chi connectivity index (χ0v) is 11.2. The minimum absolute atomic E-state index is 0.0860. The zero-order chi connectivity index (χ0) is 13.3. The Labute approximate surface area is 109 Å². The molecule has 0 amide bonds. The lowest BCUT2D eigenvalue weighted by Gasteiger charge is -2.10. The van der Waals surface area contributed by atoms with Gasteiger partial charge < -0.3 is 9.84 Å². The van der Waals surface area contributed by atoms with E-state index in [1.54, 1.807) is 12.5 Å². The SMILES string of the molecule is COc1ccc(-c2nc(C(=O)O)cs2)c(C)c1C. The van der Waals surface area contributed by atoms with Crippen LogP contribution in [0.5, 0.6) is 5.75 Å². The third kappa shape index (κ3) is 2.09. The minimum Gasteiger partial charge on any atom is -0.496 e. The molecule has 2 rings (SSSR count). The zero-order valence-electron chi connectivity index (χ0n) is 10.4. The molecule has 0 saturated heterocycles. The van der Waals surface area contributed by atoms with Crippen LogP contribution in [0.25, 0.3) is 10.6 Å². The molecule has 1 heterocycles. The van der Waals surface area contributed by atoms with Crippen molar-refractivity contribution in [1.29, 1.82) is 0 Å². The summed E-state index contributed by atoms with van der Waals surface area (Å²) in [6, 6.07) is 3.78.